The van der Waals surface area contributed by atoms with Gasteiger partial charge in [-0.05, 0) is 12.1 Å². The maximum absolute atomic E-state index is 11.3. The van der Waals surface area contributed by atoms with E-state index in [1.54, 1.807) is 7.05 Å². The Morgan fingerprint density at radius 3 is 2.67 bits per heavy atom. The number of anilines is 1. The molecule has 0 aliphatic heterocycles. The lowest BCUT2D eigenvalue weighted by Gasteiger charge is -2.08. The van der Waals surface area contributed by atoms with E-state index in [0.29, 0.717) is 0 Å². The molecule has 0 aliphatic rings. The Kier molecular flexibility index (Phi) is 2.93. The molecule has 1 aromatic carbocycles. The third-order valence-electron chi connectivity index (χ3n) is 2.11. The second-order valence-corrected chi connectivity index (χ2v) is 5.05. The van der Waals surface area contributed by atoms with E-state index in [4.69, 9.17) is 15.6 Å². The fraction of sp³-hybridized carbons (Fsp3) is 0.111. The van der Waals surface area contributed by atoms with Gasteiger partial charge in [-0.25, -0.2) is 13.6 Å². The van der Waals surface area contributed by atoms with Crippen LogP contribution in [0.15, 0.2) is 29.4 Å². The first-order chi connectivity index (χ1) is 8.38. The van der Waals surface area contributed by atoms with Crippen molar-refractivity contribution in [2.45, 2.75) is 4.90 Å². The molecule has 9 heteroatoms. The minimum Gasteiger partial charge on any atom is -0.421 e. The van der Waals surface area contributed by atoms with E-state index in [1.807, 2.05) is 0 Å². The number of rotatable bonds is 3. The van der Waals surface area contributed by atoms with Crippen molar-refractivity contribution < 1.29 is 13.2 Å². The number of hydrogen-bond donors (Lipinski definition) is 2. The Morgan fingerprint density at radius 1 is 1.39 bits per heavy atom. The van der Waals surface area contributed by atoms with Crippen LogP contribution in [0, 0.1) is 0 Å². The Balaban J connectivity index is 2.41. The first kappa shape index (κ1) is 12.3. The van der Waals surface area contributed by atoms with Crippen LogP contribution >= 0.6 is 0 Å². The summed E-state index contributed by atoms with van der Waals surface area (Å²) in [6.45, 7) is 0. The van der Waals surface area contributed by atoms with E-state index in [9.17, 15) is 8.42 Å². The summed E-state index contributed by atoms with van der Waals surface area (Å²) >= 11 is 0. The second kappa shape index (κ2) is 4.27. The third kappa shape index (κ3) is 2.41. The summed E-state index contributed by atoms with van der Waals surface area (Å²) in [6.07, 6.45) is 1.44. The zero-order chi connectivity index (χ0) is 13.3. The van der Waals surface area contributed by atoms with Crippen LogP contribution in [0.5, 0.6) is 11.8 Å². The lowest BCUT2D eigenvalue weighted by atomic mass is 10.3. The van der Waals surface area contributed by atoms with Gasteiger partial charge in [-0.1, -0.05) is 6.07 Å². The number of aromatic nitrogens is 3. The maximum Gasteiger partial charge on any atom is 0.341 e. The first-order valence-corrected chi connectivity index (χ1v) is 6.37. The number of sulfonamides is 1. The molecule has 0 radical (unpaired) electrons. The van der Waals surface area contributed by atoms with Crippen molar-refractivity contribution >= 4 is 15.7 Å². The first-order valence-electron chi connectivity index (χ1n) is 4.82. The lowest BCUT2D eigenvalue weighted by Crippen LogP contribution is -2.14. The number of primary sulfonamides is 1. The van der Waals surface area contributed by atoms with Gasteiger partial charge in [0.1, 0.15) is 11.2 Å². The van der Waals surface area contributed by atoms with Crippen LogP contribution < -0.4 is 15.6 Å². The van der Waals surface area contributed by atoms with Gasteiger partial charge in [0.25, 0.3) is 0 Å². The van der Waals surface area contributed by atoms with Crippen molar-refractivity contribution in [3.63, 3.8) is 0 Å². The van der Waals surface area contributed by atoms with Crippen LogP contribution in [0.1, 0.15) is 0 Å². The highest BCUT2D eigenvalue weighted by Gasteiger charge is 2.16. The van der Waals surface area contributed by atoms with Crippen LogP contribution in [-0.4, -0.2) is 23.2 Å². The molecule has 1 heterocycles. The SMILES string of the molecule is Cn1cnc(Oc2cccc(S(N)(=O)=O)c2N)n1. The highest BCUT2D eigenvalue weighted by Crippen LogP contribution is 2.30. The Morgan fingerprint density at radius 2 is 2.11 bits per heavy atom. The quantitative estimate of drug-likeness (QED) is 0.745. The summed E-state index contributed by atoms with van der Waals surface area (Å²) < 4.78 is 29.3. The molecule has 2 aromatic rings. The third-order valence-corrected chi connectivity index (χ3v) is 3.08. The van der Waals surface area contributed by atoms with Gasteiger partial charge in [0.15, 0.2) is 5.75 Å². The van der Waals surface area contributed by atoms with E-state index in [2.05, 4.69) is 10.1 Å². The van der Waals surface area contributed by atoms with Crippen LogP contribution in [-0.2, 0) is 17.1 Å². The van der Waals surface area contributed by atoms with Crippen LogP contribution in [0.4, 0.5) is 5.69 Å². The van der Waals surface area contributed by atoms with Gasteiger partial charge in [-0.2, -0.15) is 4.98 Å². The molecule has 0 aliphatic carbocycles. The second-order valence-electron chi connectivity index (χ2n) is 3.52. The topological polar surface area (TPSA) is 126 Å². The molecule has 0 unspecified atom stereocenters. The summed E-state index contributed by atoms with van der Waals surface area (Å²) in [6, 6.07) is 4.33. The summed E-state index contributed by atoms with van der Waals surface area (Å²) in [5.41, 5.74) is 5.60. The fourth-order valence-electron chi connectivity index (χ4n) is 1.33. The van der Waals surface area contributed by atoms with Crippen molar-refractivity contribution in [1.29, 1.82) is 0 Å². The Labute approximate surface area is 103 Å². The monoisotopic (exact) mass is 269 g/mol. The standard InChI is InChI=1S/C9H11N5O3S/c1-14-5-12-9(13-14)17-6-3-2-4-7(8(6)10)18(11,15)16/h2-5H,10H2,1H3,(H2,11,15,16). The average Bonchev–Trinajstić information content (AvgIpc) is 2.65. The van der Waals surface area contributed by atoms with E-state index in [-0.39, 0.29) is 22.3 Å². The van der Waals surface area contributed by atoms with Gasteiger partial charge >= 0.3 is 6.01 Å². The number of para-hydroxylation sites is 1. The number of nitrogen functional groups attached to an aromatic ring is 1. The van der Waals surface area contributed by atoms with Crippen LogP contribution in [0.25, 0.3) is 0 Å². The highest BCUT2D eigenvalue weighted by atomic mass is 32.2. The molecule has 0 saturated carbocycles. The highest BCUT2D eigenvalue weighted by molar-refractivity contribution is 7.89. The summed E-state index contributed by atoms with van der Waals surface area (Å²) in [7, 11) is -2.22. The Hall–Kier alpha value is -2.13. The van der Waals surface area contributed by atoms with Crippen LogP contribution in [0.2, 0.25) is 0 Å². The summed E-state index contributed by atoms with van der Waals surface area (Å²) in [5, 5.41) is 8.91. The maximum atomic E-state index is 11.3. The van der Waals surface area contributed by atoms with Crippen molar-refractivity contribution in [2.75, 3.05) is 5.73 Å². The van der Waals surface area contributed by atoms with E-state index < -0.39 is 10.0 Å². The minimum atomic E-state index is -3.89. The molecule has 0 atom stereocenters. The summed E-state index contributed by atoms with van der Waals surface area (Å²) in [5.74, 6) is 0.132. The molecule has 0 bridgehead atoms. The summed E-state index contributed by atoms with van der Waals surface area (Å²) in [4.78, 5) is 3.64. The Bertz CT molecular complexity index is 679. The molecule has 2 rings (SSSR count). The van der Waals surface area contributed by atoms with E-state index in [1.165, 1.54) is 29.2 Å². The molecule has 8 nitrogen and oxygen atoms in total. The van der Waals surface area contributed by atoms with Gasteiger partial charge in [0.05, 0.1) is 5.69 Å². The number of aryl methyl sites for hydroxylation is 1. The minimum absolute atomic E-state index is 0.0655. The normalized spacial score (nSPS) is 11.4. The molecular formula is C9H11N5O3S. The van der Waals surface area contributed by atoms with Crippen molar-refractivity contribution in [3.05, 3.63) is 24.5 Å². The van der Waals surface area contributed by atoms with Crippen molar-refractivity contribution in [2.24, 2.45) is 12.2 Å². The number of benzene rings is 1. The molecule has 1 aromatic heterocycles. The van der Waals surface area contributed by atoms with Gasteiger partial charge < -0.3 is 10.5 Å². The average molecular weight is 269 g/mol. The van der Waals surface area contributed by atoms with Gasteiger partial charge in [-0.3, -0.25) is 4.68 Å². The molecular weight excluding hydrogens is 258 g/mol. The van der Waals surface area contributed by atoms with Crippen LogP contribution in [0.3, 0.4) is 0 Å². The molecule has 0 amide bonds. The van der Waals surface area contributed by atoms with Gasteiger partial charge in [0.2, 0.25) is 10.0 Å². The molecule has 0 saturated heterocycles. The van der Waals surface area contributed by atoms with E-state index in [0.717, 1.165) is 0 Å². The smallest absolute Gasteiger partial charge is 0.341 e. The number of hydrogen-bond acceptors (Lipinski definition) is 6. The van der Waals surface area contributed by atoms with Crippen molar-refractivity contribution in [3.8, 4) is 11.8 Å². The predicted molar refractivity (Wildman–Crippen MR) is 63.3 cm³/mol. The number of ether oxygens (including phenoxy) is 1. The molecule has 0 spiro atoms. The number of nitrogens with zero attached hydrogens (tertiary/aromatic N) is 3. The zero-order valence-electron chi connectivity index (χ0n) is 9.44. The lowest BCUT2D eigenvalue weighted by molar-refractivity contribution is 0.440. The van der Waals surface area contributed by atoms with Gasteiger partial charge in [-0.15, -0.1) is 5.10 Å². The zero-order valence-corrected chi connectivity index (χ0v) is 10.3. The molecule has 4 N–H and O–H groups in total. The molecule has 96 valence electrons. The number of nitrogens with two attached hydrogens (primary N) is 2. The molecule has 18 heavy (non-hydrogen) atoms. The fourth-order valence-corrected chi connectivity index (χ4v) is 2.00. The largest absolute Gasteiger partial charge is 0.421 e. The van der Waals surface area contributed by atoms with Crippen molar-refractivity contribution in [1.82, 2.24) is 14.8 Å². The predicted octanol–water partition coefficient (Wildman–Crippen LogP) is -0.163. The molecule has 0 fully saturated rings. The van der Waals surface area contributed by atoms with Gasteiger partial charge in [0, 0.05) is 7.05 Å². The van der Waals surface area contributed by atoms with E-state index >= 15 is 0 Å².